The second-order valence-corrected chi connectivity index (χ2v) is 8.78. The molecule has 172 valence electrons. The Morgan fingerprint density at radius 2 is 1.24 bits per heavy atom. The van der Waals surface area contributed by atoms with E-state index in [1.54, 1.807) is 55.5 Å². The molecule has 1 atom stereocenters. The highest BCUT2D eigenvalue weighted by Crippen LogP contribution is 2.36. The molecule has 0 spiro atoms. The van der Waals surface area contributed by atoms with Gasteiger partial charge < -0.3 is 0 Å². The minimum absolute atomic E-state index is 0.142. The molecule has 0 saturated heterocycles. The highest BCUT2D eigenvalue weighted by atomic mass is 19.2. The Morgan fingerprint density at radius 3 is 1.79 bits per heavy atom. The van der Waals surface area contributed by atoms with Crippen molar-refractivity contribution in [2.75, 3.05) is 0 Å². The normalized spacial score (nSPS) is 16.1. The predicted octanol–water partition coefficient (Wildman–Crippen LogP) is 9.12. The highest BCUT2D eigenvalue weighted by molar-refractivity contribution is 5.74. The van der Waals surface area contributed by atoms with E-state index in [0.29, 0.717) is 34.6 Å². The van der Waals surface area contributed by atoms with Crippen LogP contribution < -0.4 is 0 Å². The molecule has 1 aliphatic rings. The van der Waals surface area contributed by atoms with Crippen LogP contribution >= 0.6 is 0 Å². The lowest BCUT2D eigenvalue weighted by Crippen LogP contribution is -2.06. The summed E-state index contributed by atoms with van der Waals surface area (Å²) in [6.07, 6.45) is 7.41. The van der Waals surface area contributed by atoms with Crippen LogP contribution in [0.3, 0.4) is 0 Å². The third kappa shape index (κ3) is 4.62. The molecule has 3 aromatic rings. The summed E-state index contributed by atoms with van der Waals surface area (Å²) >= 11 is 0. The van der Waals surface area contributed by atoms with Gasteiger partial charge in [0, 0.05) is 16.7 Å². The Balaban J connectivity index is 1.61. The number of benzene rings is 3. The lowest BCUT2D eigenvalue weighted by atomic mass is 9.84. The van der Waals surface area contributed by atoms with E-state index >= 15 is 4.39 Å². The van der Waals surface area contributed by atoms with Crippen molar-refractivity contribution in [1.82, 2.24) is 0 Å². The smallest absolute Gasteiger partial charge is 0.167 e. The summed E-state index contributed by atoms with van der Waals surface area (Å²) in [5.41, 5.74) is 2.77. The molecule has 0 aliphatic heterocycles. The van der Waals surface area contributed by atoms with Crippen molar-refractivity contribution in [3.63, 3.8) is 0 Å². The van der Waals surface area contributed by atoms with Gasteiger partial charge in [0.25, 0.3) is 0 Å². The van der Waals surface area contributed by atoms with E-state index in [2.05, 4.69) is 6.92 Å². The second kappa shape index (κ2) is 9.94. The largest absolute Gasteiger partial charge is 0.203 e. The zero-order chi connectivity index (χ0) is 23.5. The SMILES string of the molecule is CCCC1CC=C(c2ccc(-c3ccc(-c4ccc(CC)c(F)c4F)cc3)c(F)c2F)CC1. The van der Waals surface area contributed by atoms with Gasteiger partial charge in [0.1, 0.15) is 0 Å². The maximum atomic E-state index is 15.0. The first-order chi connectivity index (χ1) is 15.9. The van der Waals surface area contributed by atoms with Crippen molar-refractivity contribution < 1.29 is 17.6 Å². The summed E-state index contributed by atoms with van der Waals surface area (Å²) in [6.45, 7) is 3.93. The van der Waals surface area contributed by atoms with Gasteiger partial charge in [-0.1, -0.05) is 81.3 Å². The quantitative estimate of drug-likeness (QED) is 0.327. The minimum Gasteiger partial charge on any atom is -0.203 e. The van der Waals surface area contributed by atoms with E-state index in [0.717, 1.165) is 37.7 Å². The predicted molar refractivity (Wildman–Crippen MR) is 127 cm³/mol. The van der Waals surface area contributed by atoms with Gasteiger partial charge in [0.05, 0.1) is 0 Å². The monoisotopic (exact) mass is 452 g/mol. The summed E-state index contributed by atoms with van der Waals surface area (Å²) in [6, 6.07) is 12.8. The van der Waals surface area contributed by atoms with Crippen molar-refractivity contribution in [2.45, 2.75) is 52.4 Å². The molecule has 1 aliphatic carbocycles. The van der Waals surface area contributed by atoms with Gasteiger partial charge in [-0.15, -0.1) is 0 Å². The fraction of sp³-hybridized carbons (Fsp3) is 0.310. The third-order valence-corrected chi connectivity index (χ3v) is 6.69. The van der Waals surface area contributed by atoms with Crippen LogP contribution in [0.5, 0.6) is 0 Å². The Kier molecular flexibility index (Phi) is 7.02. The maximum Gasteiger partial charge on any atom is 0.167 e. The lowest BCUT2D eigenvalue weighted by molar-refractivity contribution is 0.443. The fourth-order valence-corrected chi connectivity index (χ4v) is 4.74. The molecule has 0 nitrogen and oxygen atoms in total. The van der Waals surface area contributed by atoms with Crippen molar-refractivity contribution in [3.05, 3.63) is 89.0 Å². The topological polar surface area (TPSA) is 0 Å². The number of halogens is 4. The second-order valence-electron chi connectivity index (χ2n) is 8.78. The first kappa shape index (κ1) is 23.3. The molecule has 0 bridgehead atoms. The first-order valence-electron chi connectivity index (χ1n) is 11.7. The average molecular weight is 453 g/mol. The molecule has 0 amide bonds. The first-order valence-corrected chi connectivity index (χ1v) is 11.7. The fourth-order valence-electron chi connectivity index (χ4n) is 4.74. The van der Waals surface area contributed by atoms with Gasteiger partial charge in [0.15, 0.2) is 23.3 Å². The van der Waals surface area contributed by atoms with Gasteiger partial charge in [-0.2, -0.15) is 0 Å². The van der Waals surface area contributed by atoms with Crippen LogP contribution in [0.25, 0.3) is 27.8 Å². The Labute approximate surface area is 193 Å². The zero-order valence-electron chi connectivity index (χ0n) is 19.0. The molecule has 0 aromatic heterocycles. The molecule has 0 N–H and O–H groups in total. The molecular weight excluding hydrogens is 424 g/mol. The molecule has 1 unspecified atom stereocenters. The Morgan fingerprint density at radius 1 is 0.697 bits per heavy atom. The Bertz CT molecular complexity index is 1180. The summed E-state index contributed by atoms with van der Waals surface area (Å²) in [5, 5.41) is 0. The van der Waals surface area contributed by atoms with E-state index in [-0.39, 0.29) is 11.1 Å². The number of aryl methyl sites for hydroxylation is 1. The van der Waals surface area contributed by atoms with Crippen LogP contribution in [0.2, 0.25) is 0 Å². The molecule has 0 fully saturated rings. The maximum absolute atomic E-state index is 15.0. The molecule has 4 heteroatoms. The van der Waals surface area contributed by atoms with Crippen molar-refractivity contribution in [1.29, 1.82) is 0 Å². The van der Waals surface area contributed by atoms with Crippen molar-refractivity contribution in [3.8, 4) is 22.3 Å². The third-order valence-electron chi connectivity index (χ3n) is 6.69. The molecule has 0 radical (unpaired) electrons. The molecular formula is C29H28F4. The van der Waals surface area contributed by atoms with Crippen LogP contribution in [0.15, 0.2) is 54.6 Å². The average Bonchev–Trinajstić information content (AvgIpc) is 2.84. The molecule has 0 heterocycles. The van der Waals surface area contributed by atoms with Crippen LogP contribution in [0.1, 0.15) is 57.1 Å². The van der Waals surface area contributed by atoms with Crippen molar-refractivity contribution in [2.24, 2.45) is 5.92 Å². The standard InChI is InChI=1S/C29H28F4/c1-3-5-18-6-8-20(9-7-18)24-16-17-25(29(33)28(24)32)22-12-10-21(11-13-22)23-15-14-19(4-2)26(30)27(23)31/h8,10-18H,3-7,9H2,1-2H3. The number of rotatable bonds is 6. The van der Waals surface area contributed by atoms with Gasteiger partial charge in [-0.25, -0.2) is 17.6 Å². The highest BCUT2D eigenvalue weighted by Gasteiger charge is 2.21. The van der Waals surface area contributed by atoms with E-state index in [1.807, 2.05) is 6.08 Å². The summed E-state index contributed by atoms with van der Waals surface area (Å²) in [5.74, 6) is -2.84. The van der Waals surface area contributed by atoms with E-state index in [1.165, 1.54) is 0 Å². The van der Waals surface area contributed by atoms with Crippen molar-refractivity contribution >= 4 is 5.57 Å². The van der Waals surface area contributed by atoms with Gasteiger partial charge in [-0.05, 0) is 53.9 Å². The number of hydrogen-bond acceptors (Lipinski definition) is 0. The number of allylic oxidation sites excluding steroid dienone is 2. The van der Waals surface area contributed by atoms with Gasteiger partial charge in [-0.3, -0.25) is 0 Å². The minimum atomic E-state index is -0.898. The molecule has 33 heavy (non-hydrogen) atoms. The van der Waals surface area contributed by atoms with E-state index < -0.39 is 23.3 Å². The Hall–Kier alpha value is -2.88. The summed E-state index contributed by atoms with van der Waals surface area (Å²) in [4.78, 5) is 0. The van der Waals surface area contributed by atoms with Crippen LogP contribution in [-0.4, -0.2) is 0 Å². The summed E-state index contributed by atoms with van der Waals surface area (Å²) in [7, 11) is 0. The number of hydrogen-bond donors (Lipinski definition) is 0. The van der Waals surface area contributed by atoms with Gasteiger partial charge in [0.2, 0.25) is 0 Å². The zero-order valence-corrected chi connectivity index (χ0v) is 19.0. The molecule has 4 rings (SSSR count). The lowest BCUT2D eigenvalue weighted by Gasteiger charge is -2.22. The van der Waals surface area contributed by atoms with Crippen LogP contribution in [0.4, 0.5) is 17.6 Å². The molecule has 0 saturated carbocycles. The molecule has 3 aromatic carbocycles. The summed E-state index contributed by atoms with van der Waals surface area (Å²) < 4.78 is 58.6. The van der Waals surface area contributed by atoms with E-state index in [4.69, 9.17) is 0 Å². The van der Waals surface area contributed by atoms with E-state index in [9.17, 15) is 13.2 Å². The van der Waals surface area contributed by atoms with Crippen LogP contribution in [-0.2, 0) is 6.42 Å². The van der Waals surface area contributed by atoms with Crippen LogP contribution in [0, 0.1) is 29.2 Å². The van der Waals surface area contributed by atoms with Gasteiger partial charge >= 0.3 is 0 Å².